The van der Waals surface area contributed by atoms with E-state index in [1.165, 1.54) is 6.20 Å². The molecule has 0 saturated carbocycles. The van der Waals surface area contributed by atoms with Gasteiger partial charge in [0.1, 0.15) is 18.0 Å². The minimum Gasteiger partial charge on any atom is -0.478 e. The third-order valence-electron chi connectivity index (χ3n) is 8.01. The number of pyridine rings is 1. The Bertz CT molecular complexity index is 1620. The van der Waals surface area contributed by atoms with Crippen molar-refractivity contribution in [3.05, 3.63) is 71.8 Å². The van der Waals surface area contributed by atoms with Crippen LogP contribution in [-0.2, 0) is 16.0 Å². The molecule has 3 aromatic heterocycles. The summed E-state index contributed by atoms with van der Waals surface area (Å²) in [5.74, 6) is 2.32. The van der Waals surface area contributed by atoms with Crippen LogP contribution in [0.5, 0.6) is 5.88 Å². The van der Waals surface area contributed by atoms with Crippen molar-refractivity contribution < 1.29 is 19.0 Å². The Kier molecular flexibility index (Phi) is 10.8. The number of rotatable bonds is 13. The van der Waals surface area contributed by atoms with E-state index in [4.69, 9.17) is 19.3 Å². The first-order valence-corrected chi connectivity index (χ1v) is 16.1. The first-order chi connectivity index (χ1) is 23.0. The second kappa shape index (κ2) is 15.8. The van der Waals surface area contributed by atoms with Crippen LogP contribution in [0.1, 0.15) is 28.5 Å². The Morgan fingerprint density at radius 2 is 1.72 bits per heavy atom. The molecule has 47 heavy (non-hydrogen) atoms. The molecule has 1 amide bonds. The summed E-state index contributed by atoms with van der Waals surface area (Å²) < 4.78 is 18.2. The highest BCUT2D eigenvalue weighted by Crippen LogP contribution is 2.27. The predicted molar refractivity (Wildman–Crippen MR) is 179 cm³/mol. The first-order valence-electron chi connectivity index (χ1n) is 16.1. The average molecular weight is 643 g/mol. The summed E-state index contributed by atoms with van der Waals surface area (Å²) in [5, 5.41) is 14.9. The molecule has 0 atom stereocenters. The van der Waals surface area contributed by atoms with E-state index < -0.39 is 0 Å². The lowest BCUT2D eigenvalue weighted by Gasteiger charge is -2.26. The van der Waals surface area contributed by atoms with Gasteiger partial charge in [-0.2, -0.15) is 9.78 Å². The maximum atomic E-state index is 13.0. The van der Waals surface area contributed by atoms with E-state index in [1.54, 1.807) is 23.1 Å². The first kappa shape index (κ1) is 32.3. The van der Waals surface area contributed by atoms with E-state index in [-0.39, 0.29) is 5.91 Å². The molecule has 3 N–H and O–H groups in total. The maximum absolute atomic E-state index is 13.0. The van der Waals surface area contributed by atoms with Crippen molar-refractivity contribution in [1.82, 2.24) is 34.5 Å². The van der Waals surface area contributed by atoms with Crippen LogP contribution in [0.15, 0.2) is 55.0 Å². The van der Waals surface area contributed by atoms with Gasteiger partial charge in [0, 0.05) is 81.6 Å². The van der Waals surface area contributed by atoms with Crippen molar-refractivity contribution in [3.63, 3.8) is 0 Å². The number of aryl methyl sites for hydroxylation is 1. The highest BCUT2D eigenvalue weighted by atomic mass is 16.5. The van der Waals surface area contributed by atoms with Gasteiger partial charge in [0.25, 0.3) is 5.91 Å². The largest absolute Gasteiger partial charge is 0.478 e. The monoisotopic (exact) mass is 642 g/mol. The maximum Gasteiger partial charge on any atom is 0.257 e. The molecule has 0 unspecified atom stereocenters. The zero-order chi connectivity index (χ0) is 32.4. The van der Waals surface area contributed by atoms with Crippen LogP contribution in [-0.4, -0.2) is 113 Å². The number of nitrogens with zero attached hydrogens (tertiary/aromatic N) is 7. The molecule has 6 rings (SSSR count). The summed E-state index contributed by atoms with van der Waals surface area (Å²) in [6.07, 6.45) is 3.06. The fourth-order valence-electron chi connectivity index (χ4n) is 5.41. The van der Waals surface area contributed by atoms with Gasteiger partial charge in [-0.15, -0.1) is 0 Å². The lowest BCUT2D eigenvalue weighted by molar-refractivity contribution is 0.0336. The van der Waals surface area contributed by atoms with Gasteiger partial charge in [-0.3, -0.25) is 14.6 Å². The van der Waals surface area contributed by atoms with Gasteiger partial charge in [-0.25, -0.2) is 15.0 Å². The lowest BCUT2D eigenvalue weighted by atomic mass is 10.1. The number of amides is 1. The van der Waals surface area contributed by atoms with E-state index in [1.807, 2.05) is 44.2 Å². The van der Waals surface area contributed by atoms with E-state index in [9.17, 15) is 4.79 Å². The number of nitrogens with one attached hydrogen (secondary N) is 3. The summed E-state index contributed by atoms with van der Waals surface area (Å²) in [4.78, 5) is 30.9. The molecule has 2 fully saturated rings. The van der Waals surface area contributed by atoms with Crippen molar-refractivity contribution in [1.29, 1.82) is 0 Å². The Labute approximate surface area is 274 Å². The molecule has 248 valence electrons. The molecule has 0 radical (unpaired) electrons. The number of morpholine rings is 2. The number of hydrogen-bond donors (Lipinski definition) is 3. The van der Waals surface area contributed by atoms with Crippen LogP contribution in [0.2, 0.25) is 0 Å². The second-order valence-electron chi connectivity index (χ2n) is 11.4. The fraction of sp³-hybridized carbons (Fsp3) is 0.424. The number of ether oxygens (including phenoxy) is 3. The van der Waals surface area contributed by atoms with Crippen LogP contribution in [0.25, 0.3) is 5.82 Å². The van der Waals surface area contributed by atoms with Crippen molar-refractivity contribution in [2.24, 2.45) is 0 Å². The summed E-state index contributed by atoms with van der Waals surface area (Å²) in [6.45, 7) is 13.3. The average Bonchev–Trinajstić information content (AvgIpc) is 3.49. The van der Waals surface area contributed by atoms with E-state index in [0.717, 1.165) is 81.1 Å². The van der Waals surface area contributed by atoms with Gasteiger partial charge in [0.05, 0.1) is 44.3 Å². The van der Waals surface area contributed by atoms with Crippen molar-refractivity contribution in [2.45, 2.75) is 20.4 Å². The van der Waals surface area contributed by atoms with Crippen LogP contribution in [0.4, 0.5) is 23.0 Å². The molecule has 1 aromatic carbocycles. The number of carbonyl (C=O) groups is 1. The molecule has 2 aliphatic heterocycles. The Morgan fingerprint density at radius 1 is 0.936 bits per heavy atom. The number of hydrogen-bond acceptors (Lipinski definition) is 12. The molecule has 14 heteroatoms. The van der Waals surface area contributed by atoms with Gasteiger partial charge < -0.3 is 30.2 Å². The summed E-state index contributed by atoms with van der Waals surface area (Å²) >= 11 is 0. The van der Waals surface area contributed by atoms with Gasteiger partial charge in [0.15, 0.2) is 5.82 Å². The quantitative estimate of drug-likeness (QED) is 0.197. The number of carbonyl (C=O) groups excluding carboxylic acids is 1. The Hall–Kier alpha value is -4.63. The molecule has 5 heterocycles. The third-order valence-corrected chi connectivity index (χ3v) is 8.01. The molecule has 14 nitrogen and oxygen atoms in total. The minimum atomic E-state index is -0.261. The molecule has 2 saturated heterocycles. The zero-order valence-electron chi connectivity index (χ0n) is 26.9. The van der Waals surface area contributed by atoms with Crippen molar-refractivity contribution >= 4 is 28.9 Å². The van der Waals surface area contributed by atoms with Gasteiger partial charge >= 0.3 is 0 Å². The van der Waals surface area contributed by atoms with Crippen LogP contribution in [0.3, 0.4) is 0 Å². The summed E-state index contributed by atoms with van der Waals surface area (Å²) in [6, 6.07) is 13.1. The van der Waals surface area contributed by atoms with Gasteiger partial charge in [-0.1, -0.05) is 6.07 Å². The van der Waals surface area contributed by atoms with Crippen molar-refractivity contribution in [3.8, 4) is 11.7 Å². The zero-order valence-corrected chi connectivity index (χ0v) is 26.9. The summed E-state index contributed by atoms with van der Waals surface area (Å²) in [7, 11) is 0. The van der Waals surface area contributed by atoms with Crippen LogP contribution in [0, 0.1) is 6.92 Å². The highest BCUT2D eigenvalue weighted by Gasteiger charge is 2.18. The molecule has 0 spiro atoms. The highest BCUT2D eigenvalue weighted by molar-refractivity contribution is 6.04. The fourth-order valence-corrected chi connectivity index (χ4v) is 5.41. The number of aromatic nitrogens is 5. The van der Waals surface area contributed by atoms with Crippen LogP contribution < -0.4 is 20.7 Å². The normalized spacial score (nSPS) is 15.7. The molecule has 0 bridgehead atoms. The molecular formula is C33H42N10O4. The third kappa shape index (κ3) is 8.80. The molecular weight excluding hydrogens is 600 g/mol. The standard InChI is InChI=1S/C33H42N10O4/c1-3-47-32-7-5-25(21-35-32)33(44)38-26-6-4-24(2)28(18-26)39-31-19-27(22-42-12-16-46-17-13-42)40-43(31)30-20-29(36-23-37-30)34-8-9-41-10-14-45-15-11-41/h4-7,18-21,23,39H,3,8-17,22H2,1-2H3,(H,38,44)(H,34,36,37). The van der Waals surface area contributed by atoms with Gasteiger partial charge in [-0.05, 0) is 37.6 Å². The topological polar surface area (TPSA) is 144 Å². The number of benzene rings is 1. The Morgan fingerprint density at radius 3 is 2.47 bits per heavy atom. The van der Waals surface area contributed by atoms with Gasteiger partial charge in [0.2, 0.25) is 5.88 Å². The van der Waals surface area contributed by atoms with Crippen LogP contribution >= 0.6 is 0 Å². The van der Waals surface area contributed by atoms with E-state index in [0.29, 0.717) is 49.3 Å². The van der Waals surface area contributed by atoms with Crippen molar-refractivity contribution in [2.75, 3.05) is 88.3 Å². The lowest BCUT2D eigenvalue weighted by Crippen LogP contribution is -2.39. The Balaban J connectivity index is 1.21. The minimum absolute atomic E-state index is 0.261. The van der Waals surface area contributed by atoms with E-state index in [2.05, 4.69) is 40.7 Å². The SMILES string of the molecule is CCOc1ccc(C(=O)Nc2ccc(C)c(Nc3cc(CN4CCOCC4)nn3-c3cc(NCCN4CCOCC4)ncn3)c2)cn1. The summed E-state index contributed by atoms with van der Waals surface area (Å²) in [5.41, 5.74) is 3.81. The van der Waals surface area contributed by atoms with E-state index >= 15 is 0 Å². The predicted octanol–water partition coefficient (Wildman–Crippen LogP) is 3.34. The number of anilines is 4. The molecule has 4 aromatic rings. The second-order valence-corrected chi connectivity index (χ2v) is 11.4. The smallest absolute Gasteiger partial charge is 0.257 e. The molecule has 0 aliphatic carbocycles. The molecule has 2 aliphatic rings.